The normalized spacial score (nSPS) is 24.0. The third-order valence-corrected chi connectivity index (χ3v) is 6.14. The van der Waals surface area contributed by atoms with Crippen molar-refractivity contribution >= 4 is 11.8 Å². The first-order chi connectivity index (χ1) is 12.6. The van der Waals surface area contributed by atoms with Gasteiger partial charge in [0.25, 0.3) is 0 Å². The summed E-state index contributed by atoms with van der Waals surface area (Å²) in [6, 6.07) is 0. The highest BCUT2D eigenvalue weighted by atomic mass is 16.2. The molecule has 0 bridgehead atoms. The number of hydrogen-bond acceptors (Lipinski definition) is 5. The number of amides is 2. The molecule has 3 saturated heterocycles. The molecular weight excluding hydrogens is 330 g/mol. The van der Waals surface area contributed by atoms with Crippen LogP contribution in [-0.2, 0) is 9.59 Å². The molecule has 0 aliphatic carbocycles. The Morgan fingerprint density at radius 3 is 2.12 bits per heavy atom. The van der Waals surface area contributed by atoms with Gasteiger partial charge in [0, 0.05) is 71.7 Å². The first kappa shape index (κ1) is 19.6. The molecule has 148 valence electrons. The van der Waals surface area contributed by atoms with E-state index in [4.69, 9.17) is 0 Å². The Bertz CT molecular complexity index is 465. The van der Waals surface area contributed by atoms with E-state index in [1.54, 1.807) is 0 Å². The summed E-state index contributed by atoms with van der Waals surface area (Å²) in [5.41, 5.74) is 0. The summed E-state index contributed by atoms with van der Waals surface area (Å²) in [7, 11) is 2.12. The number of piperidine rings is 1. The molecular formula is C19H35N5O2. The van der Waals surface area contributed by atoms with Crippen LogP contribution >= 0.6 is 0 Å². The Morgan fingerprint density at radius 2 is 1.46 bits per heavy atom. The van der Waals surface area contributed by atoms with Crippen LogP contribution in [0, 0.1) is 5.92 Å². The van der Waals surface area contributed by atoms with Crippen molar-refractivity contribution in [3.63, 3.8) is 0 Å². The third kappa shape index (κ3) is 5.66. The molecule has 0 atom stereocenters. The molecule has 7 nitrogen and oxygen atoms in total. The van der Waals surface area contributed by atoms with Gasteiger partial charge in [0.1, 0.15) is 0 Å². The maximum atomic E-state index is 12.5. The largest absolute Gasteiger partial charge is 0.340 e. The van der Waals surface area contributed by atoms with Gasteiger partial charge in [-0.25, -0.2) is 0 Å². The average Bonchev–Trinajstić information content (AvgIpc) is 2.68. The lowest BCUT2D eigenvalue weighted by molar-refractivity contribution is -0.134. The van der Waals surface area contributed by atoms with Crippen LogP contribution in [-0.4, -0.2) is 110 Å². The number of likely N-dealkylation sites (tertiary alicyclic amines) is 1. The van der Waals surface area contributed by atoms with E-state index >= 15 is 0 Å². The molecule has 1 N–H and O–H groups in total. The second kappa shape index (κ2) is 9.67. The number of carbonyl (C=O) groups excluding carboxylic acids is 2. The van der Waals surface area contributed by atoms with Gasteiger partial charge in [-0.05, 0) is 38.9 Å². The van der Waals surface area contributed by atoms with Crippen LogP contribution in [0.3, 0.4) is 0 Å². The second-order valence-electron chi connectivity index (χ2n) is 8.05. The minimum atomic E-state index is 0.291. The summed E-state index contributed by atoms with van der Waals surface area (Å²) in [5, 5.41) is 3.28. The minimum Gasteiger partial charge on any atom is -0.340 e. The van der Waals surface area contributed by atoms with E-state index < -0.39 is 0 Å². The Balaban J connectivity index is 1.31. The van der Waals surface area contributed by atoms with Crippen molar-refractivity contribution in [2.75, 3.05) is 79.0 Å². The number of nitrogens with one attached hydrogen (secondary N) is 1. The van der Waals surface area contributed by atoms with Crippen LogP contribution in [0.5, 0.6) is 0 Å². The van der Waals surface area contributed by atoms with Crippen LogP contribution < -0.4 is 5.32 Å². The van der Waals surface area contributed by atoms with E-state index in [9.17, 15) is 9.59 Å². The first-order valence-corrected chi connectivity index (χ1v) is 10.3. The van der Waals surface area contributed by atoms with Gasteiger partial charge in [-0.2, -0.15) is 0 Å². The molecule has 3 fully saturated rings. The van der Waals surface area contributed by atoms with Gasteiger partial charge >= 0.3 is 0 Å². The monoisotopic (exact) mass is 365 g/mol. The highest BCUT2D eigenvalue weighted by Gasteiger charge is 2.26. The summed E-state index contributed by atoms with van der Waals surface area (Å²) in [4.78, 5) is 33.5. The van der Waals surface area contributed by atoms with Crippen molar-refractivity contribution in [3.05, 3.63) is 0 Å². The number of likely N-dealkylation sites (N-methyl/N-ethyl adjacent to an activating group) is 1. The van der Waals surface area contributed by atoms with Crippen molar-refractivity contribution in [1.29, 1.82) is 0 Å². The molecule has 7 heteroatoms. The van der Waals surface area contributed by atoms with Gasteiger partial charge in [-0.3, -0.25) is 9.59 Å². The number of carbonyl (C=O) groups is 2. The third-order valence-electron chi connectivity index (χ3n) is 6.14. The smallest absolute Gasteiger partial charge is 0.223 e. The number of hydrogen-bond donors (Lipinski definition) is 1. The lowest BCUT2D eigenvalue weighted by atomic mass is 9.92. The summed E-state index contributed by atoms with van der Waals surface area (Å²) >= 11 is 0. The fourth-order valence-electron chi connectivity index (χ4n) is 4.17. The van der Waals surface area contributed by atoms with Crippen LogP contribution in [0.15, 0.2) is 0 Å². The molecule has 2 amide bonds. The highest BCUT2D eigenvalue weighted by Crippen LogP contribution is 2.22. The first-order valence-electron chi connectivity index (χ1n) is 10.3. The molecule has 3 heterocycles. The fraction of sp³-hybridized carbons (Fsp3) is 0.895. The minimum absolute atomic E-state index is 0.291. The van der Waals surface area contributed by atoms with Crippen molar-refractivity contribution in [2.24, 2.45) is 5.92 Å². The zero-order valence-electron chi connectivity index (χ0n) is 16.3. The number of rotatable bonds is 5. The van der Waals surface area contributed by atoms with Crippen molar-refractivity contribution in [3.8, 4) is 0 Å². The van der Waals surface area contributed by atoms with E-state index in [1.165, 1.54) is 0 Å². The molecule has 3 aliphatic rings. The molecule has 0 spiro atoms. The molecule has 0 aromatic rings. The molecule has 0 radical (unpaired) electrons. The van der Waals surface area contributed by atoms with Gasteiger partial charge < -0.3 is 24.9 Å². The summed E-state index contributed by atoms with van der Waals surface area (Å²) in [6.45, 7) is 10.2. The Hall–Kier alpha value is -1.18. The van der Waals surface area contributed by atoms with Crippen molar-refractivity contribution in [1.82, 2.24) is 24.9 Å². The van der Waals surface area contributed by atoms with Crippen LogP contribution in [0.25, 0.3) is 0 Å². The Kier molecular flexibility index (Phi) is 7.28. The van der Waals surface area contributed by atoms with E-state index in [0.717, 1.165) is 84.8 Å². The molecule has 3 rings (SSSR count). The van der Waals surface area contributed by atoms with E-state index in [1.807, 2.05) is 9.80 Å². The lowest BCUT2D eigenvalue weighted by Gasteiger charge is -2.35. The second-order valence-corrected chi connectivity index (χ2v) is 8.05. The van der Waals surface area contributed by atoms with Gasteiger partial charge in [-0.1, -0.05) is 0 Å². The van der Waals surface area contributed by atoms with Crippen molar-refractivity contribution < 1.29 is 9.59 Å². The predicted molar refractivity (Wildman–Crippen MR) is 102 cm³/mol. The standard InChI is InChI=1S/C19H35N5O2/c1-21-12-14-24(15-13-21)19(26)16-17-2-7-22(8-3-17)9-4-18(25)23-10-5-20-6-11-23/h17,20H,2-16H2,1H3. The zero-order valence-corrected chi connectivity index (χ0v) is 16.3. The molecule has 0 saturated carbocycles. The van der Waals surface area contributed by atoms with Crippen LogP contribution in [0.4, 0.5) is 0 Å². The molecule has 0 aromatic heterocycles. The number of nitrogens with zero attached hydrogens (tertiary/aromatic N) is 4. The zero-order chi connectivity index (χ0) is 18.4. The van der Waals surface area contributed by atoms with Crippen molar-refractivity contribution in [2.45, 2.75) is 25.7 Å². The lowest BCUT2D eigenvalue weighted by Crippen LogP contribution is -2.48. The van der Waals surface area contributed by atoms with E-state index in [2.05, 4.69) is 22.2 Å². The fourth-order valence-corrected chi connectivity index (χ4v) is 4.17. The quantitative estimate of drug-likeness (QED) is 0.724. The SMILES string of the molecule is CN1CCN(C(=O)CC2CCN(CCC(=O)N3CCNCC3)CC2)CC1. The van der Waals surface area contributed by atoms with Gasteiger partial charge in [0.15, 0.2) is 0 Å². The predicted octanol–water partition coefficient (Wildman–Crippen LogP) is -0.316. The maximum Gasteiger partial charge on any atom is 0.223 e. The van der Waals surface area contributed by atoms with Gasteiger partial charge in [0.2, 0.25) is 11.8 Å². The molecule has 0 aromatic carbocycles. The van der Waals surface area contributed by atoms with Crippen LogP contribution in [0.2, 0.25) is 0 Å². The van der Waals surface area contributed by atoms with Gasteiger partial charge in [0.05, 0.1) is 0 Å². The Labute approximate surface area is 157 Å². The molecule has 0 unspecified atom stereocenters. The summed E-state index contributed by atoms with van der Waals surface area (Å²) in [6.07, 6.45) is 3.50. The average molecular weight is 366 g/mol. The summed E-state index contributed by atoms with van der Waals surface area (Å²) in [5.74, 6) is 1.14. The van der Waals surface area contributed by atoms with E-state index in [-0.39, 0.29) is 0 Å². The highest BCUT2D eigenvalue weighted by molar-refractivity contribution is 5.77. The Morgan fingerprint density at radius 1 is 0.846 bits per heavy atom. The van der Waals surface area contributed by atoms with Gasteiger partial charge in [-0.15, -0.1) is 0 Å². The number of piperazine rings is 2. The molecule has 3 aliphatic heterocycles. The summed E-state index contributed by atoms with van der Waals surface area (Å²) < 4.78 is 0. The topological polar surface area (TPSA) is 59.1 Å². The maximum absolute atomic E-state index is 12.5. The molecule has 26 heavy (non-hydrogen) atoms. The van der Waals surface area contributed by atoms with E-state index in [0.29, 0.717) is 30.6 Å². The van der Waals surface area contributed by atoms with Crippen LogP contribution in [0.1, 0.15) is 25.7 Å².